The third-order valence-electron chi connectivity index (χ3n) is 5.20. The van der Waals surface area contributed by atoms with Crippen molar-refractivity contribution in [3.05, 3.63) is 52.2 Å². The average Bonchev–Trinajstić information content (AvgIpc) is 3.19. The van der Waals surface area contributed by atoms with Gasteiger partial charge in [-0.25, -0.2) is 0 Å². The number of carbonyl (C=O) groups excluding carboxylic acids is 1. The molecule has 0 atom stereocenters. The number of piperidine rings is 1. The molecule has 4 nitrogen and oxygen atoms in total. The lowest BCUT2D eigenvalue weighted by Gasteiger charge is -2.31. The van der Waals surface area contributed by atoms with Crippen molar-refractivity contribution in [2.24, 2.45) is 5.92 Å². The number of nitrogens with one attached hydrogen (secondary N) is 1. The van der Waals surface area contributed by atoms with E-state index in [4.69, 9.17) is 4.74 Å². The fourth-order valence-electron chi connectivity index (χ4n) is 3.40. The molecule has 1 aliphatic rings. The number of ether oxygens (including phenoxy) is 1. The molecule has 1 fully saturated rings. The maximum atomic E-state index is 12.1. The lowest BCUT2D eigenvalue weighted by molar-refractivity contribution is -0.123. The van der Waals surface area contributed by atoms with Crippen molar-refractivity contribution in [1.29, 1.82) is 0 Å². The molecule has 146 valence electrons. The zero-order valence-corrected chi connectivity index (χ0v) is 17.1. The monoisotopic (exact) mass is 386 g/mol. The van der Waals surface area contributed by atoms with Crippen LogP contribution in [-0.4, -0.2) is 37.0 Å². The van der Waals surface area contributed by atoms with Gasteiger partial charge in [-0.15, -0.1) is 0 Å². The lowest BCUT2D eigenvalue weighted by atomic mass is 9.96. The molecule has 3 rings (SSSR count). The van der Waals surface area contributed by atoms with Crippen LogP contribution in [0.3, 0.4) is 0 Å². The predicted octanol–water partition coefficient (Wildman–Crippen LogP) is 4.28. The fraction of sp³-hybridized carbons (Fsp3) is 0.500. The molecule has 0 bridgehead atoms. The van der Waals surface area contributed by atoms with Gasteiger partial charge in [0.15, 0.2) is 6.61 Å². The minimum atomic E-state index is -0.0383. The Bertz CT molecular complexity index is 690. The number of carbonyl (C=O) groups is 1. The smallest absolute Gasteiger partial charge is 0.257 e. The molecule has 2 heterocycles. The quantitative estimate of drug-likeness (QED) is 0.736. The van der Waals surface area contributed by atoms with Crippen molar-refractivity contribution < 1.29 is 9.53 Å². The van der Waals surface area contributed by atoms with Crippen LogP contribution in [0.4, 0.5) is 0 Å². The Labute approximate surface area is 166 Å². The predicted molar refractivity (Wildman–Crippen MR) is 111 cm³/mol. The van der Waals surface area contributed by atoms with Gasteiger partial charge in [-0.2, -0.15) is 11.3 Å². The molecule has 0 spiro atoms. The second kappa shape index (κ2) is 9.90. The van der Waals surface area contributed by atoms with E-state index in [0.29, 0.717) is 11.8 Å². The molecule has 1 aliphatic heterocycles. The molecule has 1 aromatic carbocycles. The summed E-state index contributed by atoms with van der Waals surface area (Å²) in [4.78, 5) is 14.6. The maximum absolute atomic E-state index is 12.1. The van der Waals surface area contributed by atoms with Crippen molar-refractivity contribution in [3.8, 4) is 5.75 Å². The minimum absolute atomic E-state index is 0.0383. The summed E-state index contributed by atoms with van der Waals surface area (Å²) in [5.41, 5.74) is 2.68. The van der Waals surface area contributed by atoms with Crippen molar-refractivity contribution >= 4 is 17.2 Å². The van der Waals surface area contributed by atoms with Gasteiger partial charge < -0.3 is 10.1 Å². The van der Waals surface area contributed by atoms with Gasteiger partial charge in [0, 0.05) is 13.1 Å². The largest absolute Gasteiger partial charge is 0.484 e. The molecule has 1 N–H and O–H groups in total. The highest BCUT2D eigenvalue weighted by Crippen LogP contribution is 2.20. The minimum Gasteiger partial charge on any atom is -0.484 e. The van der Waals surface area contributed by atoms with Gasteiger partial charge >= 0.3 is 0 Å². The Kier molecular flexibility index (Phi) is 7.30. The third kappa shape index (κ3) is 6.36. The van der Waals surface area contributed by atoms with Gasteiger partial charge in [-0.3, -0.25) is 9.69 Å². The molecule has 27 heavy (non-hydrogen) atoms. The molecular weight excluding hydrogens is 356 g/mol. The first-order chi connectivity index (χ1) is 13.1. The van der Waals surface area contributed by atoms with E-state index in [1.807, 2.05) is 12.1 Å². The first kappa shape index (κ1) is 19.9. The van der Waals surface area contributed by atoms with E-state index < -0.39 is 0 Å². The molecular formula is C22H30N2O2S. The van der Waals surface area contributed by atoms with Crippen LogP contribution in [0.5, 0.6) is 5.75 Å². The standard InChI is InChI=1S/C22H30N2O2S/c1-17(2)20-3-5-21(6-4-20)26-15-22(25)23-13-18-7-10-24(11-8-18)14-19-9-12-27-16-19/h3-6,9,12,16-18H,7-8,10-11,13-15H2,1-2H3,(H,23,25). The van der Waals surface area contributed by atoms with Gasteiger partial charge in [0.1, 0.15) is 5.75 Å². The number of nitrogens with zero attached hydrogens (tertiary/aromatic N) is 1. The first-order valence-corrected chi connectivity index (χ1v) is 10.8. The Morgan fingerprint density at radius 2 is 1.96 bits per heavy atom. The number of thiophene rings is 1. The van der Waals surface area contributed by atoms with E-state index in [-0.39, 0.29) is 12.5 Å². The van der Waals surface area contributed by atoms with Gasteiger partial charge in [-0.1, -0.05) is 26.0 Å². The zero-order chi connectivity index (χ0) is 19.1. The lowest BCUT2D eigenvalue weighted by Crippen LogP contribution is -2.39. The van der Waals surface area contributed by atoms with Crippen LogP contribution >= 0.6 is 11.3 Å². The van der Waals surface area contributed by atoms with E-state index in [9.17, 15) is 4.79 Å². The molecule has 5 heteroatoms. The molecule has 1 amide bonds. The molecule has 1 saturated heterocycles. The summed E-state index contributed by atoms with van der Waals surface area (Å²) in [6, 6.07) is 10.2. The number of benzene rings is 1. The summed E-state index contributed by atoms with van der Waals surface area (Å²) >= 11 is 1.76. The van der Waals surface area contributed by atoms with Gasteiger partial charge in [0.2, 0.25) is 0 Å². The van der Waals surface area contributed by atoms with E-state index in [0.717, 1.165) is 44.8 Å². The Balaban J connectivity index is 1.31. The van der Waals surface area contributed by atoms with Crippen LogP contribution in [0.15, 0.2) is 41.1 Å². The fourth-order valence-corrected chi connectivity index (χ4v) is 4.06. The van der Waals surface area contributed by atoms with Crippen molar-refractivity contribution in [1.82, 2.24) is 10.2 Å². The van der Waals surface area contributed by atoms with Crippen LogP contribution in [0.25, 0.3) is 0 Å². The highest BCUT2D eigenvalue weighted by Gasteiger charge is 2.20. The second-order valence-corrected chi connectivity index (χ2v) is 8.45. The van der Waals surface area contributed by atoms with Crippen molar-refractivity contribution in [3.63, 3.8) is 0 Å². The van der Waals surface area contributed by atoms with Crippen molar-refractivity contribution in [2.45, 2.75) is 39.2 Å². The van der Waals surface area contributed by atoms with Crippen molar-refractivity contribution in [2.75, 3.05) is 26.2 Å². The maximum Gasteiger partial charge on any atom is 0.257 e. The molecule has 0 saturated carbocycles. The first-order valence-electron chi connectivity index (χ1n) is 9.83. The Morgan fingerprint density at radius 3 is 2.59 bits per heavy atom. The summed E-state index contributed by atoms with van der Waals surface area (Å²) < 4.78 is 5.60. The summed E-state index contributed by atoms with van der Waals surface area (Å²) in [5, 5.41) is 7.39. The van der Waals surface area contributed by atoms with Crippen LogP contribution in [0.1, 0.15) is 43.7 Å². The number of hydrogen-bond donors (Lipinski definition) is 1. The van der Waals surface area contributed by atoms with E-state index in [1.165, 1.54) is 11.1 Å². The van der Waals surface area contributed by atoms with Crippen LogP contribution in [0, 0.1) is 5.92 Å². The highest BCUT2D eigenvalue weighted by atomic mass is 32.1. The van der Waals surface area contributed by atoms with Gasteiger partial charge in [0.25, 0.3) is 5.91 Å². The van der Waals surface area contributed by atoms with Gasteiger partial charge in [-0.05, 0) is 77.9 Å². The number of likely N-dealkylation sites (tertiary alicyclic amines) is 1. The third-order valence-corrected chi connectivity index (χ3v) is 5.93. The normalized spacial score (nSPS) is 15.8. The van der Waals surface area contributed by atoms with Crippen LogP contribution < -0.4 is 10.1 Å². The number of hydrogen-bond acceptors (Lipinski definition) is 4. The zero-order valence-electron chi connectivity index (χ0n) is 16.3. The van der Waals surface area contributed by atoms with E-state index in [2.05, 4.69) is 53.0 Å². The SMILES string of the molecule is CC(C)c1ccc(OCC(=O)NCC2CCN(Cc3ccsc3)CC2)cc1. The van der Waals surface area contributed by atoms with E-state index >= 15 is 0 Å². The van der Waals surface area contributed by atoms with Gasteiger partial charge in [0.05, 0.1) is 0 Å². The molecule has 0 unspecified atom stereocenters. The van der Waals surface area contributed by atoms with E-state index in [1.54, 1.807) is 11.3 Å². The Hall–Kier alpha value is -1.85. The van der Waals surface area contributed by atoms with Crippen LogP contribution in [0.2, 0.25) is 0 Å². The molecule has 0 radical (unpaired) electrons. The number of amides is 1. The molecule has 0 aliphatic carbocycles. The van der Waals surface area contributed by atoms with Crippen LogP contribution in [-0.2, 0) is 11.3 Å². The Morgan fingerprint density at radius 1 is 1.22 bits per heavy atom. The summed E-state index contributed by atoms with van der Waals surface area (Å²) in [5.74, 6) is 1.77. The molecule has 1 aromatic heterocycles. The summed E-state index contributed by atoms with van der Waals surface area (Å²) in [6.07, 6.45) is 2.28. The topological polar surface area (TPSA) is 41.6 Å². The second-order valence-electron chi connectivity index (χ2n) is 7.67. The summed E-state index contributed by atoms with van der Waals surface area (Å²) in [7, 11) is 0. The average molecular weight is 387 g/mol. The molecule has 2 aromatic rings. The summed E-state index contributed by atoms with van der Waals surface area (Å²) in [6.45, 7) is 8.42. The highest BCUT2D eigenvalue weighted by molar-refractivity contribution is 7.07. The number of rotatable bonds is 8.